The number of carboxylic acids is 1. The van der Waals surface area contributed by atoms with Gasteiger partial charge in [-0.05, 0) is 61.4 Å². The summed E-state index contributed by atoms with van der Waals surface area (Å²) >= 11 is 0. The number of amides is 6. The van der Waals surface area contributed by atoms with Gasteiger partial charge in [-0.15, -0.1) is 0 Å². The predicted octanol–water partition coefficient (Wildman–Crippen LogP) is 1.93. The van der Waals surface area contributed by atoms with Gasteiger partial charge >= 0.3 is 24.0 Å². The number of carboxylic acid groups (broad SMARTS) is 1. The third kappa shape index (κ3) is 8.33. The molecule has 0 radical (unpaired) electrons. The maximum atomic E-state index is 13.0. The zero-order valence-corrected chi connectivity index (χ0v) is 30.6. The van der Waals surface area contributed by atoms with E-state index in [9.17, 15) is 28.8 Å². The highest BCUT2D eigenvalue weighted by Gasteiger charge is 2.42. The third-order valence-electron chi connectivity index (χ3n) is 9.63. The molecule has 0 aromatic carbocycles. The number of fused-ring (bicyclic) bond motifs is 8. The number of esters is 1. The molecule has 0 spiro atoms. The van der Waals surface area contributed by atoms with Gasteiger partial charge in [-0.3, -0.25) is 39.6 Å². The minimum atomic E-state index is -1.15. The third-order valence-corrected chi connectivity index (χ3v) is 9.63. The lowest BCUT2D eigenvalue weighted by molar-refractivity contribution is -0.139. The van der Waals surface area contributed by atoms with Crippen molar-refractivity contribution >= 4 is 70.5 Å². The molecular weight excluding hydrogens is 740 g/mol. The molecule has 4 aromatic rings. The molecule has 4 aliphatic rings. The number of anilines is 6. The zero-order chi connectivity index (χ0) is 40.1. The van der Waals surface area contributed by atoms with Gasteiger partial charge in [0, 0.05) is 38.6 Å². The first-order valence-corrected chi connectivity index (χ1v) is 18.0. The monoisotopic (exact) mass is 778 g/mol. The van der Waals surface area contributed by atoms with Gasteiger partial charge < -0.3 is 30.3 Å². The highest BCUT2D eigenvalue weighted by molar-refractivity contribution is 6.06. The molecule has 20 heteroatoms. The lowest BCUT2D eigenvalue weighted by Crippen LogP contribution is -2.48. The number of pyridine rings is 4. The summed E-state index contributed by atoms with van der Waals surface area (Å²) in [6, 6.07) is 16.2. The van der Waals surface area contributed by atoms with Crippen molar-refractivity contribution in [2.24, 2.45) is 0 Å². The summed E-state index contributed by atoms with van der Waals surface area (Å²) in [5, 5.41) is 19.0. The lowest BCUT2D eigenvalue weighted by atomic mass is 10.1. The normalized spacial score (nSPS) is 16.9. The van der Waals surface area contributed by atoms with Crippen LogP contribution in [0.4, 0.5) is 44.2 Å². The number of hydrogen-bond donors (Lipinski definition) is 5. The first-order valence-electron chi connectivity index (χ1n) is 18.0. The van der Waals surface area contributed by atoms with Crippen LogP contribution >= 0.6 is 0 Å². The van der Waals surface area contributed by atoms with Gasteiger partial charge in [-0.25, -0.2) is 29.5 Å². The Morgan fingerprint density at radius 2 is 1.16 bits per heavy atom. The molecule has 2 saturated heterocycles. The van der Waals surface area contributed by atoms with Crippen LogP contribution in [-0.2, 0) is 14.3 Å². The molecule has 4 aliphatic heterocycles. The van der Waals surface area contributed by atoms with Crippen molar-refractivity contribution in [1.82, 2.24) is 30.6 Å². The van der Waals surface area contributed by atoms with E-state index in [0.29, 0.717) is 36.4 Å². The number of aliphatic carboxylic acids is 1. The predicted molar refractivity (Wildman–Crippen MR) is 205 cm³/mol. The second kappa shape index (κ2) is 16.6. The highest BCUT2D eigenvalue weighted by Crippen LogP contribution is 2.40. The number of methoxy groups -OCH3 is 1. The van der Waals surface area contributed by atoms with Crippen molar-refractivity contribution in [3.05, 3.63) is 84.4 Å². The second-order valence-corrected chi connectivity index (χ2v) is 13.2. The minimum absolute atomic E-state index is 0.0490. The van der Waals surface area contributed by atoms with Crippen molar-refractivity contribution in [3.63, 3.8) is 0 Å². The van der Waals surface area contributed by atoms with Crippen molar-refractivity contribution in [3.8, 4) is 0 Å². The van der Waals surface area contributed by atoms with Crippen molar-refractivity contribution in [1.29, 1.82) is 0 Å². The number of rotatable bonds is 8. The maximum Gasteiger partial charge on any atom is 0.329 e. The average molecular weight is 779 g/mol. The van der Waals surface area contributed by atoms with Crippen molar-refractivity contribution in [2.75, 3.05) is 76.6 Å². The molecule has 20 nitrogen and oxygen atoms in total. The van der Waals surface area contributed by atoms with Crippen molar-refractivity contribution < 1.29 is 38.6 Å². The first kappa shape index (κ1) is 37.9. The smallest absolute Gasteiger partial charge is 0.329 e. The second-order valence-electron chi connectivity index (χ2n) is 13.2. The molecule has 57 heavy (non-hydrogen) atoms. The minimum Gasteiger partial charge on any atom is -0.480 e. The fourth-order valence-corrected chi connectivity index (χ4v) is 6.97. The Balaban J connectivity index is 0.000000174. The molecule has 4 bridgehead atoms. The molecule has 2 fully saturated rings. The Bertz CT molecular complexity index is 2190. The van der Waals surface area contributed by atoms with Gasteiger partial charge in [0.1, 0.15) is 36.1 Å². The summed E-state index contributed by atoms with van der Waals surface area (Å²) in [4.78, 5) is 96.9. The summed E-state index contributed by atoms with van der Waals surface area (Å²) in [5.74, 6) is -1.18. The fourth-order valence-electron chi connectivity index (χ4n) is 6.97. The van der Waals surface area contributed by atoms with Gasteiger partial charge in [0.15, 0.2) is 11.6 Å². The van der Waals surface area contributed by atoms with Crippen LogP contribution < -0.4 is 40.9 Å². The fraction of sp³-hybridized carbons (Fsp3) is 0.297. The number of urea groups is 2. The molecular formula is C37H38N12O8. The molecule has 8 rings (SSSR count). The molecule has 4 aromatic heterocycles. The zero-order valence-electron chi connectivity index (χ0n) is 30.6. The van der Waals surface area contributed by atoms with E-state index in [1.54, 1.807) is 76.8 Å². The first-order chi connectivity index (χ1) is 27.6. The molecule has 294 valence electrons. The SMILES string of the molecule is COC(=O)CNC(=O)c1ccc2c(n1)N(C(=O)Nc1ccccn1)C1CCN2C1.O=C(O)CNC(=O)c1ccc2c(n1)N(C(=O)Nc1ccccn1)C1CCN2C1. The van der Waals surface area contributed by atoms with E-state index in [2.05, 4.69) is 55.7 Å². The van der Waals surface area contributed by atoms with E-state index in [1.165, 1.54) is 13.2 Å². The van der Waals surface area contributed by atoms with Crippen LogP contribution in [0.5, 0.6) is 0 Å². The lowest BCUT2D eigenvalue weighted by Gasteiger charge is -2.35. The van der Waals surface area contributed by atoms with Crippen LogP contribution in [0.1, 0.15) is 33.8 Å². The van der Waals surface area contributed by atoms with E-state index < -0.39 is 30.3 Å². The van der Waals surface area contributed by atoms with Crippen LogP contribution in [0.2, 0.25) is 0 Å². The summed E-state index contributed by atoms with van der Waals surface area (Å²) in [6.45, 7) is 2.23. The summed E-state index contributed by atoms with van der Waals surface area (Å²) in [6.07, 6.45) is 4.77. The molecule has 2 atom stereocenters. The van der Waals surface area contributed by atoms with E-state index in [4.69, 9.17) is 5.11 Å². The van der Waals surface area contributed by atoms with Crippen LogP contribution in [0.3, 0.4) is 0 Å². The molecule has 0 saturated carbocycles. The molecule has 5 N–H and O–H groups in total. The molecule has 2 unspecified atom stereocenters. The van der Waals surface area contributed by atoms with Crippen LogP contribution in [0, 0.1) is 0 Å². The summed E-state index contributed by atoms with van der Waals surface area (Å²) < 4.78 is 4.52. The van der Waals surface area contributed by atoms with Crippen LogP contribution in [0.15, 0.2) is 73.1 Å². The Morgan fingerprint density at radius 1 is 0.684 bits per heavy atom. The van der Waals surface area contributed by atoms with E-state index >= 15 is 0 Å². The number of hydrogen-bond acceptors (Lipinski definition) is 13. The Labute approximate surface area is 325 Å². The topological polar surface area (TPSA) is 245 Å². The van der Waals surface area contributed by atoms with Crippen LogP contribution in [0.25, 0.3) is 0 Å². The Kier molecular flexibility index (Phi) is 11.0. The average Bonchev–Trinajstić information content (AvgIpc) is 3.84. The quantitative estimate of drug-likeness (QED) is 0.161. The molecule has 6 amide bonds. The maximum absolute atomic E-state index is 13.0. The van der Waals surface area contributed by atoms with Gasteiger partial charge in [-0.2, -0.15) is 0 Å². The highest BCUT2D eigenvalue weighted by atomic mass is 16.5. The largest absolute Gasteiger partial charge is 0.480 e. The van der Waals surface area contributed by atoms with Crippen molar-refractivity contribution in [2.45, 2.75) is 24.9 Å². The summed E-state index contributed by atoms with van der Waals surface area (Å²) in [5.41, 5.74) is 1.73. The number of nitrogens with one attached hydrogen (secondary N) is 4. The molecule has 0 aliphatic carbocycles. The Hall–Kier alpha value is -7.38. The number of carbonyl (C=O) groups excluding carboxylic acids is 5. The van der Waals surface area contributed by atoms with Gasteiger partial charge in [0.25, 0.3) is 11.8 Å². The standard InChI is InChI=1S/C19H20N6O4.C18H18N6O4/c1-29-16(26)10-21-18(27)13-5-6-14-17(22-13)25(12-7-9-24(14)11-12)19(28)23-15-4-2-3-8-20-15;25-15(26)9-20-17(27)12-4-5-13-16(21-12)24(11-6-8-23(13)10-11)18(28)22-14-3-1-2-7-19-14/h2-6,8,12H,7,9-11H2,1H3,(H,21,27)(H,20,23,28);1-5,7,11H,6,8-10H2,(H,20,27)(H,25,26)(H,19,22,28). The van der Waals surface area contributed by atoms with E-state index in [-0.39, 0.29) is 42.1 Å². The van der Waals surface area contributed by atoms with Gasteiger partial charge in [-0.1, -0.05) is 12.1 Å². The Morgan fingerprint density at radius 3 is 1.58 bits per heavy atom. The molecule has 8 heterocycles. The van der Waals surface area contributed by atoms with E-state index in [0.717, 1.165) is 37.3 Å². The van der Waals surface area contributed by atoms with Gasteiger partial charge in [0.2, 0.25) is 0 Å². The van der Waals surface area contributed by atoms with Crippen LogP contribution in [-0.4, -0.2) is 119 Å². The summed E-state index contributed by atoms with van der Waals surface area (Å²) in [7, 11) is 1.24. The van der Waals surface area contributed by atoms with E-state index in [1.807, 2.05) is 0 Å². The number of ether oxygens (including phenoxy) is 1. The van der Waals surface area contributed by atoms with Gasteiger partial charge in [0.05, 0.1) is 30.6 Å². The number of nitrogens with zero attached hydrogens (tertiary/aromatic N) is 8. The number of carbonyl (C=O) groups is 6. The number of aromatic nitrogens is 4.